The van der Waals surface area contributed by atoms with Crippen molar-refractivity contribution in [2.24, 2.45) is 0 Å². The Morgan fingerprint density at radius 2 is 1.64 bits per heavy atom. The number of amides is 1. The highest BCUT2D eigenvalue weighted by Crippen LogP contribution is 2.29. The second-order valence-electron chi connectivity index (χ2n) is 9.74. The van der Waals surface area contributed by atoms with Crippen molar-refractivity contribution in [2.75, 3.05) is 12.0 Å². The van der Waals surface area contributed by atoms with Crippen molar-refractivity contribution in [1.82, 2.24) is 10.6 Å². The van der Waals surface area contributed by atoms with Crippen molar-refractivity contribution in [2.45, 2.75) is 51.7 Å². The fourth-order valence-corrected chi connectivity index (χ4v) is 4.71. The molecule has 0 saturated carbocycles. The maximum absolute atomic E-state index is 13.3. The van der Waals surface area contributed by atoms with Gasteiger partial charge in [0, 0.05) is 17.6 Å². The molecule has 3 N–H and O–H groups in total. The van der Waals surface area contributed by atoms with E-state index >= 15 is 0 Å². The zero-order chi connectivity index (χ0) is 26.1. The van der Waals surface area contributed by atoms with Gasteiger partial charge in [0.15, 0.2) is 0 Å². The lowest BCUT2D eigenvalue weighted by atomic mass is 9.92. The number of aliphatic carboxylic acids is 1. The molecule has 3 rings (SSSR count). The largest absolute Gasteiger partial charge is 0.480 e. The third-order valence-electron chi connectivity index (χ3n) is 6.24. The van der Waals surface area contributed by atoms with Crippen LogP contribution in [0.25, 0.3) is 11.1 Å². The summed E-state index contributed by atoms with van der Waals surface area (Å²) in [4.78, 5) is 25.0. The van der Waals surface area contributed by atoms with Crippen molar-refractivity contribution in [3.05, 3.63) is 95.1 Å². The van der Waals surface area contributed by atoms with Crippen LogP contribution in [0.2, 0.25) is 0 Å². The van der Waals surface area contributed by atoms with Crippen molar-refractivity contribution >= 4 is 23.6 Å². The SMILES string of the molecule is CSCCC(NC(=O)c1ccc(CNC(C)(C)Cc2ccccc2)cc1-c1ccccc1C)C(=O)O. The van der Waals surface area contributed by atoms with Crippen molar-refractivity contribution in [3.8, 4) is 11.1 Å². The van der Waals surface area contributed by atoms with E-state index in [1.807, 2.05) is 61.7 Å². The summed E-state index contributed by atoms with van der Waals surface area (Å²) in [5.74, 6) is -0.729. The first-order chi connectivity index (χ1) is 17.2. The molecule has 36 heavy (non-hydrogen) atoms. The maximum atomic E-state index is 13.3. The molecule has 1 unspecified atom stereocenters. The fourth-order valence-electron chi connectivity index (χ4n) is 4.24. The van der Waals surface area contributed by atoms with Crippen LogP contribution in [0.5, 0.6) is 0 Å². The Hall–Kier alpha value is -3.09. The first-order valence-corrected chi connectivity index (χ1v) is 13.6. The molecule has 1 atom stereocenters. The normalized spacial score (nSPS) is 12.2. The van der Waals surface area contributed by atoms with Gasteiger partial charge in [-0.2, -0.15) is 11.8 Å². The van der Waals surface area contributed by atoms with Crippen LogP contribution >= 0.6 is 11.8 Å². The minimum atomic E-state index is -1.02. The second kappa shape index (κ2) is 12.7. The van der Waals surface area contributed by atoms with Gasteiger partial charge in [0.2, 0.25) is 0 Å². The molecule has 6 heteroatoms. The molecule has 0 fully saturated rings. The first kappa shape index (κ1) is 27.5. The summed E-state index contributed by atoms with van der Waals surface area (Å²) >= 11 is 1.56. The molecule has 3 aromatic rings. The number of benzene rings is 3. The van der Waals surface area contributed by atoms with Gasteiger partial charge in [-0.25, -0.2) is 4.79 Å². The quantitative estimate of drug-likeness (QED) is 0.295. The Balaban J connectivity index is 1.86. The van der Waals surface area contributed by atoms with E-state index in [1.165, 1.54) is 5.56 Å². The molecule has 0 aliphatic carbocycles. The van der Waals surface area contributed by atoms with E-state index in [9.17, 15) is 14.7 Å². The number of carboxylic acids is 1. The van der Waals surface area contributed by atoms with E-state index in [2.05, 4.69) is 48.7 Å². The number of aryl methyl sites for hydroxylation is 1. The zero-order valence-corrected chi connectivity index (χ0v) is 22.3. The van der Waals surface area contributed by atoms with Crippen molar-refractivity contribution in [3.63, 3.8) is 0 Å². The monoisotopic (exact) mass is 504 g/mol. The Kier molecular flexibility index (Phi) is 9.73. The molecule has 5 nitrogen and oxygen atoms in total. The average Bonchev–Trinajstić information content (AvgIpc) is 2.85. The highest BCUT2D eigenvalue weighted by Gasteiger charge is 2.23. The number of rotatable bonds is 12. The van der Waals surface area contributed by atoms with Crippen molar-refractivity contribution < 1.29 is 14.7 Å². The number of carboxylic acid groups (broad SMARTS) is 1. The van der Waals surface area contributed by atoms with Crippen LogP contribution in [0.3, 0.4) is 0 Å². The smallest absolute Gasteiger partial charge is 0.326 e. The Morgan fingerprint density at radius 1 is 0.944 bits per heavy atom. The highest BCUT2D eigenvalue weighted by atomic mass is 32.2. The topological polar surface area (TPSA) is 78.4 Å². The molecule has 0 aliphatic rings. The van der Waals surface area contributed by atoms with Crippen LogP contribution in [0.1, 0.15) is 47.3 Å². The predicted molar refractivity (Wildman–Crippen MR) is 150 cm³/mol. The van der Waals surface area contributed by atoms with E-state index in [4.69, 9.17) is 0 Å². The fraction of sp³-hybridized carbons (Fsp3) is 0.333. The summed E-state index contributed by atoms with van der Waals surface area (Å²) in [5.41, 5.74) is 5.51. The lowest BCUT2D eigenvalue weighted by Crippen LogP contribution is -2.41. The third-order valence-corrected chi connectivity index (χ3v) is 6.88. The van der Waals surface area contributed by atoms with Crippen LogP contribution in [0.4, 0.5) is 0 Å². The maximum Gasteiger partial charge on any atom is 0.326 e. The summed E-state index contributed by atoms with van der Waals surface area (Å²) < 4.78 is 0. The average molecular weight is 505 g/mol. The van der Waals surface area contributed by atoms with Gasteiger partial charge < -0.3 is 15.7 Å². The number of nitrogens with one attached hydrogen (secondary N) is 2. The molecule has 0 spiro atoms. The lowest BCUT2D eigenvalue weighted by Gasteiger charge is -2.27. The van der Waals surface area contributed by atoms with E-state index < -0.39 is 12.0 Å². The zero-order valence-electron chi connectivity index (χ0n) is 21.5. The van der Waals surface area contributed by atoms with Crippen LogP contribution < -0.4 is 10.6 Å². The minimum absolute atomic E-state index is 0.119. The van der Waals surface area contributed by atoms with Gasteiger partial charge in [-0.05, 0) is 85.6 Å². The van der Waals surface area contributed by atoms with Crippen LogP contribution in [0.15, 0.2) is 72.8 Å². The highest BCUT2D eigenvalue weighted by molar-refractivity contribution is 7.98. The lowest BCUT2D eigenvalue weighted by molar-refractivity contribution is -0.139. The van der Waals surface area contributed by atoms with Gasteiger partial charge >= 0.3 is 5.97 Å². The number of hydrogen-bond donors (Lipinski definition) is 3. The molecule has 0 heterocycles. The molecule has 0 aromatic heterocycles. The Labute approximate surface area is 218 Å². The standard InChI is InChI=1S/C30H36N2O3S/c1-21-10-8-9-13-24(21)26-18-23(20-31-30(2,3)19-22-11-6-5-7-12-22)14-15-25(26)28(33)32-27(29(34)35)16-17-36-4/h5-15,18,27,31H,16-17,19-20H2,1-4H3,(H,32,33)(H,34,35). The summed E-state index contributed by atoms with van der Waals surface area (Å²) in [5, 5.41) is 16.0. The third kappa shape index (κ3) is 7.70. The molecule has 3 aromatic carbocycles. The number of hydrogen-bond acceptors (Lipinski definition) is 4. The van der Waals surface area contributed by atoms with Gasteiger partial charge in [-0.1, -0.05) is 60.7 Å². The van der Waals surface area contributed by atoms with Gasteiger partial charge in [-0.15, -0.1) is 0 Å². The van der Waals surface area contributed by atoms with Gasteiger partial charge in [0.25, 0.3) is 5.91 Å². The summed E-state index contributed by atoms with van der Waals surface area (Å²) in [6.45, 7) is 7.03. The number of thioether (sulfide) groups is 1. The van der Waals surface area contributed by atoms with Gasteiger partial charge in [0.1, 0.15) is 6.04 Å². The summed E-state index contributed by atoms with van der Waals surface area (Å²) in [6, 6.07) is 23.2. The van der Waals surface area contributed by atoms with Crippen LogP contribution in [0, 0.1) is 6.92 Å². The molecular weight excluding hydrogens is 468 g/mol. The van der Waals surface area contributed by atoms with E-state index in [0.717, 1.165) is 28.7 Å². The molecular formula is C30H36N2O3S. The van der Waals surface area contributed by atoms with E-state index in [-0.39, 0.29) is 11.4 Å². The van der Waals surface area contributed by atoms with Crippen LogP contribution in [-0.4, -0.2) is 40.6 Å². The number of carbonyl (C=O) groups is 2. The Morgan fingerprint density at radius 3 is 2.31 bits per heavy atom. The molecule has 1 amide bonds. The number of carbonyl (C=O) groups excluding carboxylic acids is 1. The van der Waals surface area contributed by atoms with E-state index in [1.54, 1.807) is 11.8 Å². The molecule has 0 saturated heterocycles. The van der Waals surface area contributed by atoms with E-state index in [0.29, 0.717) is 24.3 Å². The molecule has 0 bridgehead atoms. The Bertz CT molecular complexity index is 1180. The first-order valence-electron chi connectivity index (χ1n) is 12.2. The van der Waals surface area contributed by atoms with Crippen molar-refractivity contribution in [1.29, 1.82) is 0 Å². The molecule has 190 valence electrons. The summed E-state index contributed by atoms with van der Waals surface area (Å²) in [6.07, 6.45) is 3.19. The summed E-state index contributed by atoms with van der Waals surface area (Å²) in [7, 11) is 0. The second-order valence-corrected chi connectivity index (χ2v) is 10.7. The molecule has 0 aliphatic heterocycles. The predicted octanol–water partition coefficient (Wildman–Crippen LogP) is 5.71. The molecule has 0 radical (unpaired) electrons. The van der Waals surface area contributed by atoms with Gasteiger partial charge in [0.05, 0.1) is 0 Å². The van der Waals surface area contributed by atoms with Crippen LogP contribution in [-0.2, 0) is 17.8 Å². The minimum Gasteiger partial charge on any atom is -0.480 e. The van der Waals surface area contributed by atoms with Gasteiger partial charge in [-0.3, -0.25) is 4.79 Å².